The Kier molecular flexibility index (Phi) is 4.83. The first-order chi connectivity index (χ1) is 11.7. The highest BCUT2D eigenvalue weighted by Gasteiger charge is 2.14. The summed E-state index contributed by atoms with van der Waals surface area (Å²) in [5.41, 5.74) is 7.56. The lowest BCUT2D eigenvalue weighted by Gasteiger charge is -2.08. The van der Waals surface area contributed by atoms with E-state index in [-0.39, 0.29) is 11.7 Å². The van der Waals surface area contributed by atoms with Gasteiger partial charge in [-0.25, -0.2) is 4.98 Å². The Labute approximate surface area is 143 Å². The third kappa shape index (κ3) is 3.58. The predicted molar refractivity (Wildman–Crippen MR) is 94.2 cm³/mol. The molecule has 0 aliphatic rings. The molecular weight excluding hydrogens is 324 g/mol. The molecule has 0 radical (unpaired) electrons. The van der Waals surface area contributed by atoms with Gasteiger partial charge in [-0.3, -0.25) is 9.78 Å². The number of benzene rings is 1. The summed E-state index contributed by atoms with van der Waals surface area (Å²) >= 11 is 1.25. The van der Waals surface area contributed by atoms with Gasteiger partial charge in [-0.05, 0) is 42.8 Å². The molecule has 0 fully saturated rings. The third-order valence-electron chi connectivity index (χ3n) is 3.36. The van der Waals surface area contributed by atoms with Crippen LogP contribution in [-0.2, 0) is 6.42 Å². The first kappa shape index (κ1) is 16.1. The summed E-state index contributed by atoms with van der Waals surface area (Å²) in [5, 5.41) is 13.3. The lowest BCUT2D eigenvalue weighted by molar-refractivity contribution is 0.103. The van der Waals surface area contributed by atoms with Crippen LogP contribution in [0.15, 0.2) is 48.8 Å². The van der Waals surface area contributed by atoms with E-state index in [0.29, 0.717) is 34.2 Å². The van der Waals surface area contributed by atoms with Crippen molar-refractivity contribution in [3.05, 3.63) is 59.2 Å². The number of aromatic hydroxyl groups is 1. The maximum atomic E-state index is 12.4. The molecule has 7 heteroatoms. The molecule has 24 heavy (non-hydrogen) atoms. The highest BCUT2D eigenvalue weighted by atomic mass is 32.1. The second-order valence-electron chi connectivity index (χ2n) is 5.09. The number of nitrogens with one attached hydrogen (secondary N) is 1. The summed E-state index contributed by atoms with van der Waals surface area (Å²) in [6, 6.07) is 10.6. The fourth-order valence-electron chi connectivity index (χ4n) is 2.18. The van der Waals surface area contributed by atoms with Crippen molar-refractivity contribution in [1.29, 1.82) is 0 Å². The third-order valence-corrected chi connectivity index (χ3v) is 4.37. The van der Waals surface area contributed by atoms with Crippen LogP contribution in [0, 0.1) is 0 Å². The molecule has 0 aliphatic heterocycles. The molecule has 1 aromatic carbocycles. The largest absolute Gasteiger partial charge is 0.506 e. The van der Waals surface area contributed by atoms with Crippen LogP contribution >= 0.6 is 11.3 Å². The Morgan fingerprint density at radius 2 is 2.12 bits per heavy atom. The van der Waals surface area contributed by atoms with Gasteiger partial charge in [-0.15, -0.1) is 11.3 Å². The number of amides is 1. The van der Waals surface area contributed by atoms with Gasteiger partial charge in [0.05, 0.1) is 17.6 Å². The number of hydrogen-bond donors (Lipinski definition) is 3. The van der Waals surface area contributed by atoms with Gasteiger partial charge in [0.1, 0.15) is 15.6 Å². The molecular formula is C17H16N4O2S. The molecule has 6 nitrogen and oxygen atoms in total. The van der Waals surface area contributed by atoms with Gasteiger partial charge < -0.3 is 16.2 Å². The molecule has 2 aromatic heterocycles. The molecule has 4 N–H and O–H groups in total. The number of phenolic OH excluding ortho intramolecular Hbond substituents is 1. The van der Waals surface area contributed by atoms with Crippen molar-refractivity contribution in [2.75, 3.05) is 11.9 Å². The average molecular weight is 340 g/mol. The van der Waals surface area contributed by atoms with Crippen molar-refractivity contribution >= 4 is 22.9 Å². The van der Waals surface area contributed by atoms with E-state index in [4.69, 9.17) is 5.73 Å². The van der Waals surface area contributed by atoms with E-state index in [1.807, 2.05) is 18.2 Å². The SMILES string of the molecule is NCCc1ccc(O)c(NC(=O)c2cnc(-c3ccccn3)s2)c1. The molecule has 122 valence electrons. The lowest BCUT2D eigenvalue weighted by atomic mass is 10.1. The summed E-state index contributed by atoms with van der Waals surface area (Å²) in [5.74, 6) is -0.312. The van der Waals surface area contributed by atoms with Crippen LogP contribution in [0.25, 0.3) is 10.7 Å². The maximum absolute atomic E-state index is 12.4. The van der Waals surface area contributed by atoms with Crippen molar-refractivity contribution in [2.24, 2.45) is 5.73 Å². The smallest absolute Gasteiger partial charge is 0.267 e. The second-order valence-corrected chi connectivity index (χ2v) is 6.12. The first-order valence-corrected chi connectivity index (χ1v) is 8.19. The number of carbonyl (C=O) groups excluding carboxylic acids is 1. The molecule has 3 rings (SSSR count). The molecule has 0 saturated heterocycles. The van der Waals surface area contributed by atoms with Crippen LogP contribution in [-0.4, -0.2) is 27.5 Å². The second kappa shape index (κ2) is 7.20. The molecule has 0 unspecified atom stereocenters. The van der Waals surface area contributed by atoms with Gasteiger partial charge in [0.15, 0.2) is 0 Å². The molecule has 1 amide bonds. The molecule has 2 heterocycles. The lowest BCUT2D eigenvalue weighted by Crippen LogP contribution is -2.11. The number of phenols is 1. The molecule has 0 aliphatic carbocycles. The Morgan fingerprint density at radius 3 is 2.88 bits per heavy atom. The average Bonchev–Trinajstić information content (AvgIpc) is 3.09. The number of rotatable bonds is 5. The van der Waals surface area contributed by atoms with Gasteiger partial charge in [0.2, 0.25) is 0 Å². The van der Waals surface area contributed by atoms with Crippen LogP contribution < -0.4 is 11.1 Å². The first-order valence-electron chi connectivity index (χ1n) is 7.38. The summed E-state index contributed by atoms with van der Waals surface area (Å²) < 4.78 is 0. The Balaban J connectivity index is 1.78. The number of nitrogens with two attached hydrogens (primary N) is 1. The highest BCUT2D eigenvalue weighted by molar-refractivity contribution is 7.17. The van der Waals surface area contributed by atoms with E-state index in [0.717, 1.165) is 5.56 Å². The summed E-state index contributed by atoms with van der Waals surface area (Å²) in [7, 11) is 0. The van der Waals surface area contributed by atoms with E-state index >= 15 is 0 Å². The minimum atomic E-state index is -0.324. The van der Waals surface area contributed by atoms with Crippen molar-refractivity contribution in [3.8, 4) is 16.5 Å². The minimum Gasteiger partial charge on any atom is -0.506 e. The fourth-order valence-corrected chi connectivity index (χ4v) is 2.96. The monoisotopic (exact) mass is 340 g/mol. The summed E-state index contributed by atoms with van der Waals surface area (Å²) in [6.45, 7) is 0.500. The van der Waals surface area contributed by atoms with E-state index in [9.17, 15) is 9.90 Å². The van der Waals surface area contributed by atoms with E-state index in [1.165, 1.54) is 17.5 Å². The number of anilines is 1. The standard InChI is InChI=1S/C17H16N4O2S/c18-7-6-11-4-5-14(22)13(9-11)21-16(23)15-10-20-17(24-15)12-3-1-2-8-19-12/h1-5,8-10,22H,6-7,18H2,(H,21,23). The van der Waals surface area contributed by atoms with Gasteiger partial charge in [0.25, 0.3) is 5.91 Å². The van der Waals surface area contributed by atoms with E-state index < -0.39 is 0 Å². The van der Waals surface area contributed by atoms with Crippen LogP contribution in [0.5, 0.6) is 5.75 Å². The quantitative estimate of drug-likeness (QED) is 0.620. The number of carbonyl (C=O) groups is 1. The minimum absolute atomic E-state index is 0.0126. The number of aromatic nitrogens is 2. The van der Waals surface area contributed by atoms with Crippen LogP contribution in [0.1, 0.15) is 15.2 Å². The summed E-state index contributed by atoms with van der Waals surface area (Å²) in [4.78, 5) is 21.3. The number of hydrogen-bond acceptors (Lipinski definition) is 6. The normalized spacial score (nSPS) is 10.5. The molecule has 3 aromatic rings. The molecule has 0 atom stereocenters. The van der Waals surface area contributed by atoms with E-state index in [2.05, 4.69) is 15.3 Å². The van der Waals surface area contributed by atoms with Crippen molar-refractivity contribution in [1.82, 2.24) is 9.97 Å². The van der Waals surface area contributed by atoms with Gasteiger partial charge in [-0.2, -0.15) is 0 Å². The van der Waals surface area contributed by atoms with E-state index in [1.54, 1.807) is 24.4 Å². The Bertz CT molecular complexity index is 849. The van der Waals surface area contributed by atoms with Gasteiger partial charge in [-0.1, -0.05) is 12.1 Å². The zero-order chi connectivity index (χ0) is 16.9. The predicted octanol–water partition coefficient (Wildman–Crippen LogP) is 2.66. The highest BCUT2D eigenvalue weighted by Crippen LogP contribution is 2.27. The van der Waals surface area contributed by atoms with Crippen molar-refractivity contribution in [2.45, 2.75) is 6.42 Å². The van der Waals surface area contributed by atoms with Crippen molar-refractivity contribution in [3.63, 3.8) is 0 Å². The molecule has 0 bridgehead atoms. The number of pyridine rings is 1. The van der Waals surface area contributed by atoms with Gasteiger partial charge in [0, 0.05) is 6.20 Å². The summed E-state index contributed by atoms with van der Waals surface area (Å²) in [6.07, 6.45) is 3.86. The maximum Gasteiger partial charge on any atom is 0.267 e. The molecule has 0 saturated carbocycles. The zero-order valence-electron chi connectivity index (χ0n) is 12.8. The number of thiazole rings is 1. The topological polar surface area (TPSA) is 101 Å². The van der Waals surface area contributed by atoms with Crippen LogP contribution in [0.4, 0.5) is 5.69 Å². The zero-order valence-corrected chi connectivity index (χ0v) is 13.6. The van der Waals surface area contributed by atoms with Crippen LogP contribution in [0.3, 0.4) is 0 Å². The Hall–Kier alpha value is -2.77. The fraction of sp³-hybridized carbons (Fsp3) is 0.118. The van der Waals surface area contributed by atoms with Crippen molar-refractivity contribution < 1.29 is 9.90 Å². The number of nitrogens with zero attached hydrogens (tertiary/aromatic N) is 2. The Morgan fingerprint density at radius 1 is 1.25 bits per heavy atom. The van der Waals surface area contributed by atoms with Crippen LogP contribution in [0.2, 0.25) is 0 Å². The van der Waals surface area contributed by atoms with Gasteiger partial charge >= 0.3 is 0 Å². The molecule has 0 spiro atoms.